The molecule has 0 aromatic heterocycles. The third-order valence-electron chi connectivity index (χ3n) is 6.12. The van der Waals surface area contributed by atoms with Crippen LogP contribution >= 0.6 is 0 Å². The number of benzene rings is 3. The second-order valence-electron chi connectivity index (χ2n) is 7.55. The summed E-state index contributed by atoms with van der Waals surface area (Å²) >= 11 is 0. The average Bonchev–Trinajstić information content (AvgIpc) is 2.65. The molecule has 1 atom stereocenters. The summed E-state index contributed by atoms with van der Waals surface area (Å²) in [5, 5.41) is 0. The summed E-state index contributed by atoms with van der Waals surface area (Å²) in [4.78, 5) is 0. The first-order chi connectivity index (χ1) is 12.4. The highest BCUT2D eigenvalue weighted by atomic mass is 16.5. The van der Waals surface area contributed by atoms with Gasteiger partial charge in [-0.1, -0.05) is 42.5 Å². The largest absolute Gasteiger partial charge is 0.485 e. The Morgan fingerprint density at radius 1 is 0.692 bits per heavy atom. The summed E-state index contributed by atoms with van der Waals surface area (Å²) in [7, 11) is 0. The molecule has 0 fully saturated rings. The average molecular weight is 342 g/mol. The van der Waals surface area contributed by atoms with Crippen LogP contribution < -0.4 is 4.74 Å². The SMILES string of the molecule is Cc1ccc2c(c1-c1ccccc1)C(C)Oc1c(C)c(C)c(C)c(C)c1-2. The third-order valence-corrected chi connectivity index (χ3v) is 6.12. The summed E-state index contributed by atoms with van der Waals surface area (Å²) in [5.74, 6) is 1.06. The fourth-order valence-electron chi connectivity index (χ4n) is 4.34. The summed E-state index contributed by atoms with van der Waals surface area (Å²) in [5.41, 5.74) is 13.1. The minimum Gasteiger partial charge on any atom is -0.485 e. The first kappa shape index (κ1) is 16.9. The van der Waals surface area contributed by atoms with Gasteiger partial charge in [0.15, 0.2) is 0 Å². The Balaban J connectivity index is 2.10. The van der Waals surface area contributed by atoms with Crippen molar-refractivity contribution in [2.75, 3.05) is 0 Å². The standard InChI is InChI=1S/C25H26O/c1-14-12-13-21-23-17(4)15(2)16(3)18(5)25(23)26-19(6)24(21)22(14)20-10-8-7-9-11-20/h7-13,19H,1-6H3. The van der Waals surface area contributed by atoms with Gasteiger partial charge >= 0.3 is 0 Å². The van der Waals surface area contributed by atoms with E-state index in [0.29, 0.717) is 0 Å². The highest BCUT2D eigenvalue weighted by Gasteiger charge is 2.30. The number of rotatable bonds is 1. The van der Waals surface area contributed by atoms with Gasteiger partial charge in [0.05, 0.1) is 0 Å². The van der Waals surface area contributed by atoms with Gasteiger partial charge in [-0.3, -0.25) is 0 Å². The lowest BCUT2D eigenvalue weighted by atomic mass is 9.81. The predicted octanol–water partition coefficient (Wildman–Crippen LogP) is 7.02. The molecule has 1 aliphatic rings. The lowest BCUT2D eigenvalue weighted by Gasteiger charge is -2.33. The van der Waals surface area contributed by atoms with Crippen LogP contribution in [0.5, 0.6) is 5.75 Å². The first-order valence-electron chi connectivity index (χ1n) is 9.38. The van der Waals surface area contributed by atoms with E-state index in [2.05, 4.69) is 84.0 Å². The Hall–Kier alpha value is -2.54. The molecule has 0 N–H and O–H groups in total. The van der Waals surface area contributed by atoms with Crippen LogP contribution in [0.4, 0.5) is 0 Å². The molecule has 0 saturated carbocycles. The molecular weight excluding hydrogens is 316 g/mol. The minimum absolute atomic E-state index is 0.0350. The second-order valence-corrected chi connectivity index (χ2v) is 7.55. The molecule has 3 aromatic carbocycles. The molecule has 0 spiro atoms. The van der Waals surface area contributed by atoms with E-state index in [-0.39, 0.29) is 6.10 Å². The van der Waals surface area contributed by atoms with Gasteiger partial charge < -0.3 is 4.74 Å². The maximum Gasteiger partial charge on any atom is 0.131 e. The molecule has 0 amide bonds. The van der Waals surface area contributed by atoms with E-state index in [1.165, 1.54) is 55.6 Å². The number of aryl methyl sites for hydroxylation is 1. The van der Waals surface area contributed by atoms with E-state index in [1.54, 1.807) is 0 Å². The van der Waals surface area contributed by atoms with Crippen molar-refractivity contribution in [2.24, 2.45) is 0 Å². The van der Waals surface area contributed by atoms with Crippen molar-refractivity contribution in [1.82, 2.24) is 0 Å². The third kappa shape index (κ3) is 2.30. The molecule has 0 radical (unpaired) electrons. The zero-order valence-electron chi connectivity index (χ0n) is 16.5. The molecule has 1 heteroatoms. The van der Waals surface area contributed by atoms with Crippen LogP contribution in [0.15, 0.2) is 42.5 Å². The van der Waals surface area contributed by atoms with Crippen molar-refractivity contribution in [2.45, 2.75) is 47.6 Å². The van der Waals surface area contributed by atoms with Gasteiger partial charge in [0, 0.05) is 11.1 Å². The molecule has 26 heavy (non-hydrogen) atoms. The topological polar surface area (TPSA) is 9.23 Å². The predicted molar refractivity (Wildman–Crippen MR) is 110 cm³/mol. The number of fused-ring (bicyclic) bond motifs is 3. The van der Waals surface area contributed by atoms with Gasteiger partial charge in [-0.2, -0.15) is 0 Å². The Labute approximate surface area is 156 Å². The Morgan fingerprint density at radius 2 is 1.35 bits per heavy atom. The quantitative estimate of drug-likeness (QED) is 0.462. The van der Waals surface area contributed by atoms with Crippen LogP contribution in [0.2, 0.25) is 0 Å². The van der Waals surface area contributed by atoms with Crippen LogP contribution in [0.1, 0.15) is 46.4 Å². The van der Waals surface area contributed by atoms with Crippen molar-refractivity contribution in [1.29, 1.82) is 0 Å². The van der Waals surface area contributed by atoms with Crippen LogP contribution in [-0.2, 0) is 0 Å². The first-order valence-corrected chi connectivity index (χ1v) is 9.38. The van der Waals surface area contributed by atoms with E-state index in [0.717, 1.165) is 5.75 Å². The lowest BCUT2D eigenvalue weighted by Crippen LogP contribution is -2.16. The summed E-state index contributed by atoms with van der Waals surface area (Å²) in [6, 6.07) is 15.2. The number of ether oxygens (including phenoxy) is 1. The van der Waals surface area contributed by atoms with Crippen molar-refractivity contribution in [3.8, 4) is 28.0 Å². The van der Waals surface area contributed by atoms with Crippen molar-refractivity contribution in [3.05, 3.63) is 75.8 Å². The highest BCUT2D eigenvalue weighted by Crippen LogP contribution is 2.50. The van der Waals surface area contributed by atoms with Crippen LogP contribution in [-0.4, -0.2) is 0 Å². The van der Waals surface area contributed by atoms with E-state index < -0.39 is 0 Å². The van der Waals surface area contributed by atoms with Crippen molar-refractivity contribution >= 4 is 0 Å². The molecule has 1 nitrogen and oxygen atoms in total. The molecular formula is C25H26O. The molecule has 132 valence electrons. The molecule has 1 heterocycles. The molecule has 0 bridgehead atoms. The normalized spacial score (nSPS) is 15.2. The van der Waals surface area contributed by atoms with Crippen molar-refractivity contribution < 1.29 is 4.74 Å². The lowest BCUT2D eigenvalue weighted by molar-refractivity contribution is 0.222. The molecule has 1 unspecified atom stereocenters. The van der Waals surface area contributed by atoms with Gasteiger partial charge in [0.1, 0.15) is 11.9 Å². The molecule has 3 aromatic rings. The van der Waals surface area contributed by atoms with Gasteiger partial charge in [-0.25, -0.2) is 0 Å². The van der Waals surface area contributed by atoms with Gasteiger partial charge in [0.25, 0.3) is 0 Å². The Kier molecular flexibility index (Phi) is 3.91. The number of hydrogen-bond acceptors (Lipinski definition) is 1. The molecule has 4 rings (SSSR count). The smallest absolute Gasteiger partial charge is 0.131 e. The fourth-order valence-corrected chi connectivity index (χ4v) is 4.34. The monoisotopic (exact) mass is 342 g/mol. The van der Waals surface area contributed by atoms with Gasteiger partial charge in [0.2, 0.25) is 0 Å². The second kappa shape index (κ2) is 6.02. The Morgan fingerprint density at radius 3 is 2.04 bits per heavy atom. The highest BCUT2D eigenvalue weighted by molar-refractivity contribution is 5.88. The maximum absolute atomic E-state index is 6.52. The van der Waals surface area contributed by atoms with Crippen molar-refractivity contribution in [3.63, 3.8) is 0 Å². The maximum atomic E-state index is 6.52. The van der Waals surface area contributed by atoms with E-state index >= 15 is 0 Å². The van der Waals surface area contributed by atoms with Gasteiger partial charge in [-0.05, 0) is 86.1 Å². The number of hydrogen-bond donors (Lipinski definition) is 0. The zero-order chi connectivity index (χ0) is 18.6. The summed E-state index contributed by atoms with van der Waals surface area (Å²) in [6.45, 7) is 13.2. The molecule has 0 aliphatic carbocycles. The summed E-state index contributed by atoms with van der Waals surface area (Å²) < 4.78 is 6.52. The van der Waals surface area contributed by atoms with E-state index in [4.69, 9.17) is 4.74 Å². The summed E-state index contributed by atoms with van der Waals surface area (Å²) in [6.07, 6.45) is 0.0350. The van der Waals surface area contributed by atoms with Crippen LogP contribution in [0.3, 0.4) is 0 Å². The Bertz CT molecular complexity index is 1010. The van der Waals surface area contributed by atoms with Crippen LogP contribution in [0, 0.1) is 34.6 Å². The van der Waals surface area contributed by atoms with E-state index in [1.807, 2.05) is 0 Å². The molecule has 1 aliphatic heterocycles. The van der Waals surface area contributed by atoms with E-state index in [9.17, 15) is 0 Å². The van der Waals surface area contributed by atoms with Crippen LogP contribution in [0.25, 0.3) is 22.3 Å². The zero-order valence-corrected chi connectivity index (χ0v) is 16.5. The molecule has 0 saturated heterocycles. The fraction of sp³-hybridized carbons (Fsp3) is 0.280. The minimum atomic E-state index is 0.0350. The van der Waals surface area contributed by atoms with Gasteiger partial charge in [-0.15, -0.1) is 0 Å².